The molecule has 9 heteroatoms. The summed E-state index contributed by atoms with van der Waals surface area (Å²) in [5.41, 5.74) is 0.664. The Morgan fingerprint density at radius 3 is 2.41 bits per heavy atom. The highest BCUT2D eigenvalue weighted by molar-refractivity contribution is 8.00. The average Bonchev–Trinajstić information content (AvgIpc) is 2.77. The summed E-state index contributed by atoms with van der Waals surface area (Å²) < 4.78 is 20.0. The number of rotatable bonds is 9. The maximum atomic E-state index is 12.1. The first kappa shape index (κ1) is 23.5. The number of ether oxygens (including phenoxy) is 3. The van der Waals surface area contributed by atoms with Gasteiger partial charge in [0.25, 0.3) is 5.88 Å². The van der Waals surface area contributed by atoms with E-state index >= 15 is 0 Å². The Labute approximate surface area is 191 Å². The molecule has 3 aromatic rings. The van der Waals surface area contributed by atoms with Gasteiger partial charge >= 0.3 is 5.69 Å². The molecule has 170 valence electrons. The van der Waals surface area contributed by atoms with Crippen LogP contribution in [0.3, 0.4) is 0 Å². The monoisotopic (exact) mass is 457 g/mol. The van der Waals surface area contributed by atoms with E-state index in [1.54, 1.807) is 18.2 Å². The van der Waals surface area contributed by atoms with Crippen LogP contribution in [0, 0.1) is 0 Å². The molecular weight excluding hydrogens is 430 g/mol. The van der Waals surface area contributed by atoms with Crippen LogP contribution in [-0.2, 0) is 5.41 Å². The predicted octanol–water partition coefficient (Wildman–Crippen LogP) is 4.36. The molecule has 8 nitrogen and oxygen atoms in total. The van der Waals surface area contributed by atoms with Crippen LogP contribution >= 0.6 is 11.9 Å². The number of aromatic amines is 1. The van der Waals surface area contributed by atoms with Gasteiger partial charge in [0, 0.05) is 4.90 Å². The maximum Gasteiger partial charge on any atom is 0.350 e. The number of hydrogen-bond donors (Lipinski definition) is 3. The number of aliphatic hydroxyl groups is 1. The van der Waals surface area contributed by atoms with Gasteiger partial charge in [0.1, 0.15) is 6.61 Å². The second-order valence-electron chi connectivity index (χ2n) is 7.85. The van der Waals surface area contributed by atoms with Crippen LogP contribution in [0.4, 0.5) is 5.82 Å². The number of anilines is 1. The number of hydrogen-bond acceptors (Lipinski definition) is 8. The molecule has 0 fully saturated rings. The van der Waals surface area contributed by atoms with Crippen LogP contribution in [0.1, 0.15) is 26.3 Å². The van der Waals surface area contributed by atoms with Crippen LogP contribution < -0.4 is 24.6 Å². The lowest BCUT2D eigenvalue weighted by Crippen LogP contribution is -2.16. The summed E-state index contributed by atoms with van der Waals surface area (Å²) in [7, 11) is 1.53. The standard InChI is InChI=1S/C23H27N3O5S/c1-23(2,3)15-9-11-16(12-10-15)32-26-20-19(21(30-14-13-27)25-22(28)24-20)31-18-8-6-5-7-17(18)29-4/h5-12,27H,13-14H2,1-4H3,(H2,24,25,26,28). The highest BCUT2D eigenvalue weighted by Gasteiger charge is 2.19. The minimum absolute atomic E-state index is 0.0418. The van der Waals surface area contributed by atoms with Gasteiger partial charge in [-0.05, 0) is 47.2 Å². The van der Waals surface area contributed by atoms with Gasteiger partial charge in [-0.15, -0.1) is 0 Å². The average molecular weight is 458 g/mol. The number of nitrogens with zero attached hydrogens (tertiary/aromatic N) is 1. The van der Waals surface area contributed by atoms with E-state index in [0.717, 1.165) is 4.90 Å². The first-order valence-corrected chi connectivity index (χ1v) is 10.9. The fourth-order valence-corrected chi connectivity index (χ4v) is 3.43. The smallest absolute Gasteiger partial charge is 0.350 e. The molecule has 0 spiro atoms. The largest absolute Gasteiger partial charge is 0.493 e. The van der Waals surface area contributed by atoms with Gasteiger partial charge in [-0.25, -0.2) is 4.79 Å². The zero-order valence-corrected chi connectivity index (χ0v) is 19.3. The minimum atomic E-state index is -0.614. The van der Waals surface area contributed by atoms with Gasteiger partial charge in [0.05, 0.1) is 13.7 Å². The first-order valence-electron chi connectivity index (χ1n) is 10.0. The molecule has 3 N–H and O–H groups in total. The second kappa shape index (κ2) is 10.4. The Kier molecular flexibility index (Phi) is 7.66. The van der Waals surface area contributed by atoms with Crippen LogP contribution in [0.2, 0.25) is 0 Å². The van der Waals surface area contributed by atoms with Crippen molar-refractivity contribution >= 4 is 17.8 Å². The Morgan fingerprint density at radius 2 is 1.78 bits per heavy atom. The zero-order valence-electron chi connectivity index (χ0n) is 18.5. The summed E-state index contributed by atoms with van der Waals surface area (Å²) in [6, 6.07) is 15.2. The Balaban J connectivity index is 1.91. The predicted molar refractivity (Wildman–Crippen MR) is 125 cm³/mol. The third-order valence-electron chi connectivity index (χ3n) is 4.46. The minimum Gasteiger partial charge on any atom is -0.493 e. The number of aliphatic hydroxyl groups excluding tert-OH is 1. The summed E-state index contributed by atoms with van der Waals surface area (Å²) in [5.74, 6) is 1.32. The van der Waals surface area contributed by atoms with Crippen molar-refractivity contribution in [3.05, 3.63) is 64.6 Å². The number of nitrogens with one attached hydrogen (secondary N) is 2. The van der Waals surface area contributed by atoms with Crippen molar-refractivity contribution in [2.24, 2.45) is 0 Å². The molecular formula is C23H27N3O5S. The van der Waals surface area contributed by atoms with Crippen LogP contribution in [0.5, 0.6) is 23.1 Å². The molecule has 0 radical (unpaired) electrons. The Bertz CT molecular complexity index is 1090. The third-order valence-corrected chi connectivity index (χ3v) is 5.27. The molecule has 0 aliphatic carbocycles. The summed E-state index contributed by atoms with van der Waals surface area (Å²) in [6.45, 7) is 6.19. The second-order valence-corrected chi connectivity index (χ2v) is 8.73. The Hall–Kier alpha value is -3.17. The lowest BCUT2D eigenvalue weighted by atomic mass is 9.87. The molecule has 0 unspecified atom stereocenters. The van der Waals surface area contributed by atoms with E-state index in [0.29, 0.717) is 11.5 Å². The molecule has 3 rings (SSSR count). The van der Waals surface area contributed by atoms with Crippen molar-refractivity contribution in [2.45, 2.75) is 31.1 Å². The highest BCUT2D eigenvalue weighted by Crippen LogP contribution is 2.40. The molecule has 0 aliphatic heterocycles. The van der Waals surface area contributed by atoms with Gasteiger partial charge in [-0.2, -0.15) is 4.98 Å². The van der Waals surface area contributed by atoms with Crippen molar-refractivity contribution in [2.75, 3.05) is 25.0 Å². The fourth-order valence-electron chi connectivity index (χ4n) is 2.79. The quantitative estimate of drug-likeness (QED) is 0.407. The van der Waals surface area contributed by atoms with E-state index in [9.17, 15) is 4.79 Å². The van der Waals surface area contributed by atoms with Crippen molar-refractivity contribution in [1.29, 1.82) is 0 Å². The zero-order chi connectivity index (χ0) is 23.1. The van der Waals surface area contributed by atoms with Crippen molar-refractivity contribution in [1.82, 2.24) is 9.97 Å². The van der Waals surface area contributed by atoms with Crippen molar-refractivity contribution in [3.8, 4) is 23.1 Å². The summed E-state index contributed by atoms with van der Waals surface area (Å²) in [4.78, 5) is 19.6. The number of benzene rings is 2. The van der Waals surface area contributed by atoms with Gasteiger partial charge in [0.15, 0.2) is 17.3 Å². The van der Waals surface area contributed by atoms with E-state index in [4.69, 9.17) is 19.3 Å². The molecule has 0 aliphatic rings. The molecule has 1 aromatic heterocycles. The molecule has 2 aromatic carbocycles. The molecule has 32 heavy (non-hydrogen) atoms. The third kappa shape index (κ3) is 5.95. The topological polar surface area (TPSA) is 106 Å². The molecule has 0 bridgehead atoms. The molecule has 1 heterocycles. The van der Waals surface area contributed by atoms with Crippen LogP contribution in [0.25, 0.3) is 0 Å². The maximum absolute atomic E-state index is 12.1. The Morgan fingerprint density at radius 1 is 1.09 bits per heavy atom. The number of methoxy groups -OCH3 is 1. The number of para-hydroxylation sites is 2. The van der Waals surface area contributed by atoms with Crippen LogP contribution in [0.15, 0.2) is 58.2 Å². The highest BCUT2D eigenvalue weighted by atomic mass is 32.2. The van der Waals surface area contributed by atoms with Gasteiger partial charge in [0.2, 0.25) is 5.75 Å². The molecule has 0 atom stereocenters. The number of H-pyrrole nitrogens is 1. The van der Waals surface area contributed by atoms with Gasteiger partial charge < -0.3 is 24.0 Å². The summed E-state index contributed by atoms with van der Waals surface area (Å²) in [5, 5.41) is 9.14. The van der Waals surface area contributed by atoms with E-state index in [2.05, 4.69) is 47.6 Å². The van der Waals surface area contributed by atoms with Crippen LogP contribution in [-0.4, -0.2) is 35.4 Å². The van der Waals surface area contributed by atoms with E-state index in [1.165, 1.54) is 24.6 Å². The summed E-state index contributed by atoms with van der Waals surface area (Å²) in [6.07, 6.45) is 0. The fraction of sp³-hybridized carbons (Fsp3) is 0.304. The van der Waals surface area contributed by atoms with Crippen molar-refractivity contribution < 1.29 is 19.3 Å². The van der Waals surface area contributed by atoms with Crippen molar-refractivity contribution in [3.63, 3.8) is 0 Å². The SMILES string of the molecule is COc1ccccc1Oc1c(OCCO)nc(=O)[nH]c1NSc1ccc(C(C)(C)C)cc1. The summed E-state index contributed by atoms with van der Waals surface area (Å²) >= 11 is 1.30. The lowest BCUT2D eigenvalue weighted by molar-refractivity contribution is 0.192. The number of aromatic nitrogens is 2. The molecule has 0 saturated heterocycles. The first-order chi connectivity index (χ1) is 15.3. The normalized spacial score (nSPS) is 11.2. The van der Waals surface area contributed by atoms with Gasteiger partial charge in [-0.1, -0.05) is 45.0 Å². The van der Waals surface area contributed by atoms with E-state index in [-0.39, 0.29) is 36.1 Å². The molecule has 0 amide bonds. The van der Waals surface area contributed by atoms with Gasteiger partial charge in [-0.3, -0.25) is 4.98 Å². The lowest BCUT2D eigenvalue weighted by Gasteiger charge is -2.19. The van der Waals surface area contributed by atoms with E-state index < -0.39 is 5.69 Å². The van der Waals surface area contributed by atoms with E-state index in [1.807, 2.05) is 18.2 Å². The molecule has 0 saturated carbocycles.